The molecule has 1 aliphatic heterocycles. The van der Waals surface area contributed by atoms with E-state index >= 15 is 0 Å². The van der Waals surface area contributed by atoms with E-state index < -0.39 is 0 Å². The maximum atomic E-state index is 6.11. The fourth-order valence-electron chi connectivity index (χ4n) is 4.39. The van der Waals surface area contributed by atoms with E-state index in [2.05, 4.69) is 45.3 Å². The summed E-state index contributed by atoms with van der Waals surface area (Å²) in [6.45, 7) is 2.09. The fraction of sp³-hybridized carbons (Fsp3) is 0.240. The standard InChI is InChI=1S/C25H26N4OS.ClH/c1-30-20-8-9-23-21(15-20)22(16-27-23)17-10-12-29(13-11-17)19-6-4-18(5-7-19)28-25(26)24-3-2-14-31-24;/h2-9,14-17,27H,10-13H2,1H3,(H2,26,28);1H. The number of anilines is 1. The van der Waals surface area contributed by atoms with Crippen molar-refractivity contribution in [3.8, 4) is 5.75 Å². The number of benzene rings is 2. The highest BCUT2D eigenvalue weighted by atomic mass is 35.5. The predicted octanol–water partition coefficient (Wildman–Crippen LogP) is 6.08. The summed E-state index contributed by atoms with van der Waals surface area (Å²) in [7, 11) is 1.72. The molecule has 0 atom stereocenters. The van der Waals surface area contributed by atoms with Crippen molar-refractivity contribution in [1.82, 2.24) is 4.98 Å². The van der Waals surface area contributed by atoms with Crippen LogP contribution < -0.4 is 15.4 Å². The molecule has 7 heteroatoms. The van der Waals surface area contributed by atoms with E-state index in [0.29, 0.717) is 11.8 Å². The van der Waals surface area contributed by atoms with Gasteiger partial charge in [-0.25, -0.2) is 4.99 Å². The molecule has 5 rings (SSSR count). The highest BCUT2D eigenvalue weighted by Gasteiger charge is 2.23. The molecular formula is C25H27ClN4OS. The van der Waals surface area contributed by atoms with Crippen LogP contribution in [0.1, 0.15) is 29.2 Å². The second-order valence-electron chi connectivity index (χ2n) is 7.91. The molecule has 0 amide bonds. The van der Waals surface area contributed by atoms with Gasteiger partial charge in [0.15, 0.2) is 0 Å². The van der Waals surface area contributed by atoms with Gasteiger partial charge in [0, 0.05) is 35.9 Å². The quantitative estimate of drug-likeness (QED) is 0.276. The predicted molar refractivity (Wildman–Crippen MR) is 137 cm³/mol. The SMILES string of the molecule is COc1ccc2[nH]cc(C3CCN(c4ccc(N=C(N)c5cccs5)cc4)CC3)c2c1.Cl. The lowest BCUT2D eigenvalue weighted by Gasteiger charge is -2.33. The Hall–Kier alpha value is -2.96. The molecule has 166 valence electrons. The molecule has 1 aliphatic rings. The van der Waals surface area contributed by atoms with E-state index in [9.17, 15) is 0 Å². The van der Waals surface area contributed by atoms with Crippen molar-refractivity contribution in [2.75, 3.05) is 25.1 Å². The normalized spacial score (nSPS) is 15.0. The van der Waals surface area contributed by atoms with Gasteiger partial charge in [-0.1, -0.05) is 6.07 Å². The molecule has 0 bridgehead atoms. The Bertz CT molecular complexity index is 1190. The first-order chi connectivity index (χ1) is 15.2. The number of halogens is 1. The van der Waals surface area contributed by atoms with Crippen LogP contribution in [0.15, 0.2) is 71.2 Å². The van der Waals surface area contributed by atoms with Crippen molar-refractivity contribution in [2.24, 2.45) is 10.7 Å². The van der Waals surface area contributed by atoms with Gasteiger partial charge in [0.2, 0.25) is 0 Å². The summed E-state index contributed by atoms with van der Waals surface area (Å²) in [5.74, 6) is 2.04. The van der Waals surface area contributed by atoms with Crippen LogP contribution >= 0.6 is 23.7 Å². The van der Waals surface area contributed by atoms with Gasteiger partial charge >= 0.3 is 0 Å². The number of piperidine rings is 1. The molecular weight excluding hydrogens is 440 g/mol. The van der Waals surface area contributed by atoms with Crippen LogP contribution in [-0.4, -0.2) is 31.0 Å². The van der Waals surface area contributed by atoms with Crippen LogP contribution in [0.2, 0.25) is 0 Å². The van der Waals surface area contributed by atoms with E-state index in [4.69, 9.17) is 10.5 Å². The third-order valence-corrected chi connectivity index (χ3v) is 6.99. The average Bonchev–Trinajstić information content (AvgIpc) is 3.50. The summed E-state index contributed by atoms with van der Waals surface area (Å²) >= 11 is 1.60. The van der Waals surface area contributed by atoms with Gasteiger partial charge in [-0.2, -0.15) is 0 Å². The van der Waals surface area contributed by atoms with Gasteiger partial charge in [-0.3, -0.25) is 0 Å². The lowest BCUT2D eigenvalue weighted by atomic mass is 9.89. The van der Waals surface area contributed by atoms with Crippen LogP contribution in [0.25, 0.3) is 10.9 Å². The Morgan fingerprint density at radius 1 is 1.12 bits per heavy atom. The van der Waals surface area contributed by atoms with Crippen LogP contribution in [0, 0.1) is 0 Å². The molecule has 32 heavy (non-hydrogen) atoms. The lowest BCUT2D eigenvalue weighted by molar-refractivity contribution is 0.415. The minimum absolute atomic E-state index is 0. The zero-order valence-corrected chi connectivity index (χ0v) is 19.6. The second-order valence-corrected chi connectivity index (χ2v) is 8.86. The number of nitrogens with two attached hydrogens (primary N) is 1. The number of amidine groups is 1. The zero-order valence-electron chi connectivity index (χ0n) is 18.0. The second kappa shape index (κ2) is 9.67. The number of hydrogen-bond donors (Lipinski definition) is 2. The third kappa shape index (κ3) is 4.47. The molecule has 1 saturated heterocycles. The summed E-state index contributed by atoms with van der Waals surface area (Å²) in [6, 6.07) is 18.6. The number of methoxy groups -OCH3 is 1. The largest absolute Gasteiger partial charge is 0.497 e. The van der Waals surface area contributed by atoms with Gasteiger partial charge < -0.3 is 20.4 Å². The molecule has 0 unspecified atom stereocenters. The molecule has 0 radical (unpaired) electrons. The Kier molecular flexibility index (Phi) is 6.72. The first-order valence-corrected chi connectivity index (χ1v) is 11.5. The average molecular weight is 467 g/mol. The number of hydrogen-bond acceptors (Lipinski definition) is 4. The molecule has 5 nitrogen and oxygen atoms in total. The van der Waals surface area contributed by atoms with Crippen molar-refractivity contribution in [3.63, 3.8) is 0 Å². The van der Waals surface area contributed by atoms with Gasteiger partial charge in [0.05, 0.1) is 17.7 Å². The van der Waals surface area contributed by atoms with Crippen LogP contribution in [-0.2, 0) is 0 Å². The van der Waals surface area contributed by atoms with Crippen molar-refractivity contribution >= 4 is 51.9 Å². The Labute approximate surface area is 198 Å². The number of nitrogens with zero attached hydrogens (tertiary/aromatic N) is 2. The number of H-pyrrole nitrogens is 1. The topological polar surface area (TPSA) is 66.6 Å². The molecule has 3 heterocycles. The molecule has 1 fully saturated rings. The summed E-state index contributed by atoms with van der Waals surface area (Å²) in [4.78, 5) is 11.4. The van der Waals surface area contributed by atoms with E-state index in [1.165, 1.54) is 22.2 Å². The summed E-state index contributed by atoms with van der Waals surface area (Å²) in [6.07, 6.45) is 4.44. The van der Waals surface area contributed by atoms with Crippen molar-refractivity contribution in [3.05, 3.63) is 76.6 Å². The number of aromatic nitrogens is 1. The monoisotopic (exact) mass is 466 g/mol. The summed E-state index contributed by atoms with van der Waals surface area (Å²) < 4.78 is 5.42. The number of aliphatic imine (C=N–C) groups is 1. The lowest BCUT2D eigenvalue weighted by Crippen LogP contribution is -2.32. The highest BCUT2D eigenvalue weighted by Crippen LogP contribution is 2.36. The number of nitrogens with one attached hydrogen (secondary N) is 1. The number of rotatable bonds is 5. The van der Waals surface area contributed by atoms with Crippen LogP contribution in [0.4, 0.5) is 11.4 Å². The van der Waals surface area contributed by atoms with Gasteiger partial charge in [-0.05, 0) is 78.2 Å². The molecule has 3 N–H and O–H groups in total. The fourth-order valence-corrected chi connectivity index (χ4v) is 5.02. The van der Waals surface area contributed by atoms with E-state index in [-0.39, 0.29) is 12.4 Å². The summed E-state index contributed by atoms with van der Waals surface area (Å²) in [5, 5.41) is 3.29. The van der Waals surface area contributed by atoms with Crippen LogP contribution in [0.3, 0.4) is 0 Å². The molecule has 0 saturated carbocycles. The van der Waals surface area contributed by atoms with Gasteiger partial charge in [0.25, 0.3) is 0 Å². The van der Waals surface area contributed by atoms with Gasteiger partial charge in [-0.15, -0.1) is 23.7 Å². The zero-order chi connectivity index (χ0) is 21.2. The number of aromatic amines is 1. The smallest absolute Gasteiger partial charge is 0.141 e. The Morgan fingerprint density at radius 3 is 2.59 bits per heavy atom. The summed E-state index contributed by atoms with van der Waals surface area (Å²) in [5.41, 5.74) is 10.8. The maximum Gasteiger partial charge on any atom is 0.141 e. The van der Waals surface area contributed by atoms with E-state index in [0.717, 1.165) is 42.2 Å². The number of fused-ring (bicyclic) bond motifs is 1. The number of ether oxygens (including phenoxy) is 1. The van der Waals surface area contributed by atoms with Crippen molar-refractivity contribution in [2.45, 2.75) is 18.8 Å². The van der Waals surface area contributed by atoms with Crippen LogP contribution in [0.5, 0.6) is 5.75 Å². The molecule has 0 aliphatic carbocycles. The first kappa shape index (κ1) is 22.2. The highest BCUT2D eigenvalue weighted by molar-refractivity contribution is 7.12. The minimum Gasteiger partial charge on any atom is -0.497 e. The Balaban J connectivity index is 0.00000245. The van der Waals surface area contributed by atoms with Crippen molar-refractivity contribution in [1.29, 1.82) is 0 Å². The molecule has 2 aromatic heterocycles. The minimum atomic E-state index is 0. The van der Waals surface area contributed by atoms with Crippen molar-refractivity contribution < 1.29 is 4.74 Å². The van der Waals surface area contributed by atoms with Gasteiger partial charge in [0.1, 0.15) is 11.6 Å². The van der Waals surface area contributed by atoms with E-state index in [1.807, 2.05) is 35.7 Å². The number of thiophene rings is 1. The molecule has 4 aromatic rings. The molecule has 2 aromatic carbocycles. The first-order valence-electron chi connectivity index (χ1n) is 10.6. The third-order valence-electron chi connectivity index (χ3n) is 6.09. The maximum absolute atomic E-state index is 6.11. The Morgan fingerprint density at radius 2 is 1.91 bits per heavy atom. The molecule has 0 spiro atoms. The van der Waals surface area contributed by atoms with E-state index in [1.54, 1.807) is 18.4 Å².